The second-order valence-corrected chi connectivity index (χ2v) is 8.37. The van der Waals surface area contributed by atoms with E-state index < -0.39 is 17.8 Å². The maximum atomic E-state index is 13.7. The first-order valence-corrected chi connectivity index (χ1v) is 10.7. The number of hydrogen-bond acceptors (Lipinski definition) is 4. The highest BCUT2D eigenvalue weighted by molar-refractivity contribution is 6.29. The monoisotopic (exact) mass is 478 g/mol. The number of amides is 1. The standard InChI is InChI=1S/C21H18ClF3N6O2/c1-2-11-7-26-31-17(6-16(22)28-18(11)31)30(20(32)33)10-14-9-29-8-13(12-3-4-12)5-15(19(29)27-14)21(23,24)25/h5-9,12H,2-4,10H2,1H3,(H,32,33). The number of nitrogens with zero attached hydrogens (tertiary/aromatic N) is 6. The van der Waals surface area contributed by atoms with E-state index in [1.54, 1.807) is 12.4 Å². The number of fused-ring (bicyclic) bond motifs is 2. The molecule has 1 saturated carbocycles. The average molecular weight is 479 g/mol. The second-order valence-electron chi connectivity index (χ2n) is 7.99. The van der Waals surface area contributed by atoms with Gasteiger partial charge in [-0.2, -0.15) is 22.8 Å². The molecule has 1 N–H and O–H groups in total. The van der Waals surface area contributed by atoms with Gasteiger partial charge in [0.1, 0.15) is 16.6 Å². The van der Waals surface area contributed by atoms with E-state index in [-0.39, 0.29) is 34.8 Å². The van der Waals surface area contributed by atoms with Gasteiger partial charge in [0, 0.05) is 24.0 Å². The molecule has 0 aromatic carbocycles. The van der Waals surface area contributed by atoms with Crippen LogP contribution in [0.4, 0.5) is 23.8 Å². The van der Waals surface area contributed by atoms with Crippen molar-refractivity contribution in [1.29, 1.82) is 0 Å². The molecule has 8 nitrogen and oxygen atoms in total. The summed E-state index contributed by atoms with van der Waals surface area (Å²) < 4.78 is 43.8. The number of hydrogen-bond donors (Lipinski definition) is 1. The first kappa shape index (κ1) is 21.5. The number of carbonyl (C=O) groups is 1. The minimum Gasteiger partial charge on any atom is -0.465 e. The number of rotatable bonds is 5. The Kier molecular flexibility index (Phi) is 4.96. The predicted octanol–water partition coefficient (Wildman–Crippen LogP) is 5.17. The highest BCUT2D eigenvalue weighted by Gasteiger charge is 2.36. The van der Waals surface area contributed by atoms with Crippen molar-refractivity contribution in [3.63, 3.8) is 0 Å². The highest BCUT2D eigenvalue weighted by Crippen LogP contribution is 2.43. The third-order valence-corrected chi connectivity index (χ3v) is 5.87. The van der Waals surface area contributed by atoms with E-state index in [1.807, 2.05) is 6.92 Å². The minimum atomic E-state index is -4.59. The first-order valence-electron chi connectivity index (χ1n) is 10.3. The van der Waals surface area contributed by atoms with Crippen molar-refractivity contribution < 1.29 is 23.1 Å². The van der Waals surface area contributed by atoms with Crippen LogP contribution in [0.2, 0.25) is 5.15 Å². The van der Waals surface area contributed by atoms with Gasteiger partial charge in [-0.15, -0.1) is 0 Å². The van der Waals surface area contributed by atoms with Gasteiger partial charge in [-0.05, 0) is 36.8 Å². The quantitative estimate of drug-likeness (QED) is 0.400. The van der Waals surface area contributed by atoms with Gasteiger partial charge in [0.25, 0.3) is 0 Å². The molecule has 1 aliphatic carbocycles. The maximum absolute atomic E-state index is 13.7. The number of pyridine rings is 1. The molecule has 33 heavy (non-hydrogen) atoms. The van der Waals surface area contributed by atoms with E-state index in [1.165, 1.54) is 21.2 Å². The topological polar surface area (TPSA) is 88.0 Å². The van der Waals surface area contributed by atoms with E-state index >= 15 is 0 Å². The molecule has 0 saturated heterocycles. The normalized spacial score (nSPS) is 14.3. The Balaban J connectivity index is 1.60. The predicted molar refractivity (Wildman–Crippen MR) is 114 cm³/mol. The lowest BCUT2D eigenvalue weighted by molar-refractivity contribution is -0.136. The molecule has 0 atom stereocenters. The van der Waals surface area contributed by atoms with Gasteiger partial charge >= 0.3 is 12.3 Å². The van der Waals surface area contributed by atoms with Crippen LogP contribution in [-0.4, -0.2) is 35.2 Å². The van der Waals surface area contributed by atoms with Crippen LogP contribution in [0.15, 0.2) is 30.7 Å². The van der Waals surface area contributed by atoms with Gasteiger partial charge in [0.05, 0.1) is 24.0 Å². The van der Waals surface area contributed by atoms with Crippen LogP contribution >= 0.6 is 11.6 Å². The lowest BCUT2D eigenvalue weighted by Crippen LogP contribution is -2.31. The number of carboxylic acid groups (broad SMARTS) is 1. The van der Waals surface area contributed by atoms with Crippen LogP contribution in [0, 0.1) is 0 Å². The molecule has 0 spiro atoms. The third kappa shape index (κ3) is 3.86. The zero-order valence-electron chi connectivity index (χ0n) is 17.3. The Labute approximate surface area is 190 Å². The summed E-state index contributed by atoms with van der Waals surface area (Å²) in [6.45, 7) is 1.60. The molecule has 4 aromatic rings. The third-order valence-electron chi connectivity index (χ3n) is 5.68. The molecule has 172 valence electrons. The summed E-state index contributed by atoms with van der Waals surface area (Å²) in [6.07, 6.45) is 1.01. The summed E-state index contributed by atoms with van der Waals surface area (Å²) in [5.74, 6) is 0.223. The molecule has 0 aliphatic heterocycles. The molecule has 5 rings (SSSR count). The van der Waals surface area contributed by atoms with Crippen molar-refractivity contribution in [2.75, 3.05) is 4.90 Å². The van der Waals surface area contributed by atoms with E-state index in [2.05, 4.69) is 15.1 Å². The molecule has 0 unspecified atom stereocenters. The SMILES string of the molecule is CCc1cnn2c(N(Cc3cn4cc(C5CC5)cc(C(F)(F)F)c4n3)C(=O)O)cc(Cl)nc12. The summed E-state index contributed by atoms with van der Waals surface area (Å²) in [4.78, 5) is 21.4. The smallest absolute Gasteiger partial charge is 0.419 e. The zero-order valence-corrected chi connectivity index (χ0v) is 18.1. The molecular weight excluding hydrogens is 461 g/mol. The molecule has 4 heterocycles. The second kappa shape index (κ2) is 7.62. The van der Waals surface area contributed by atoms with Crippen molar-refractivity contribution >= 4 is 34.8 Å². The van der Waals surface area contributed by atoms with Crippen LogP contribution in [0.25, 0.3) is 11.3 Å². The van der Waals surface area contributed by atoms with Crippen LogP contribution in [0.1, 0.15) is 48.1 Å². The number of alkyl halides is 3. The van der Waals surface area contributed by atoms with Crippen molar-refractivity contribution in [2.45, 2.75) is 44.8 Å². The Hall–Kier alpha value is -3.34. The Morgan fingerprint density at radius 3 is 2.64 bits per heavy atom. The lowest BCUT2D eigenvalue weighted by atomic mass is 10.1. The van der Waals surface area contributed by atoms with Gasteiger partial charge in [0.15, 0.2) is 5.65 Å². The molecular formula is C21H18ClF3N6O2. The fraction of sp³-hybridized carbons (Fsp3) is 0.333. The van der Waals surface area contributed by atoms with E-state index in [0.29, 0.717) is 17.6 Å². The van der Waals surface area contributed by atoms with Gasteiger partial charge in [-0.1, -0.05) is 18.5 Å². The molecule has 12 heteroatoms. The molecule has 4 aromatic heterocycles. The molecule has 1 aliphatic rings. The lowest BCUT2D eigenvalue weighted by Gasteiger charge is -2.19. The number of aromatic nitrogens is 5. The molecule has 1 amide bonds. The molecule has 0 radical (unpaired) electrons. The minimum absolute atomic E-state index is 0.0717. The fourth-order valence-electron chi connectivity index (χ4n) is 3.91. The first-order chi connectivity index (χ1) is 15.7. The van der Waals surface area contributed by atoms with Crippen LogP contribution in [0.3, 0.4) is 0 Å². The van der Waals surface area contributed by atoms with Crippen LogP contribution in [0.5, 0.6) is 0 Å². The zero-order chi connectivity index (χ0) is 23.5. The summed E-state index contributed by atoms with van der Waals surface area (Å²) in [7, 11) is 0. The molecule has 1 fully saturated rings. The van der Waals surface area contributed by atoms with Gasteiger partial charge < -0.3 is 9.51 Å². The summed E-state index contributed by atoms with van der Waals surface area (Å²) in [5.41, 5.74) is 0.834. The van der Waals surface area contributed by atoms with E-state index in [4.69, 9.17) is 11.6 Å². The average Bonchev–Trinajstić information content (AvgIpc) is 3.39. The summed E-state index contributed by atoms with van der Waals surface area (Å²) >= 11 is 6.13. The number of anilines is 1. The number of aryl methyl sites for hydroxylation is 1. The van der Waals surface area contributed by atoms with Gasteiger partial charge in [0.2, 0.25) is 0 Å². The van der Waals surface area contributed by atoms with Gasteiger partial charge in [-0.3, -0.25) is 4.90 Å². The largest absolute Gasteiger partial charge is 0.465 e. The number of imidazole rings is 1. The van der Waals surface area contributed by atoms with E-state index in [9.17, 15) is 23.1 Å². The summed E-state index contributed by atoms with van der Waals surface area (Å²) in [6, 6.07) is 2.48. The Bertz CT molecular complexity index is 1390. The fourth-order valence-corrected chi connectivity index (χ4v) is 4.09. The molecule has 0 bridgehead atoms. The van der Waals surface area contributed by atoms with Crippen molar-refractivity contribution in [3.05, 3.63) is 58.3 Å². The number of halogens is 4. The Morgan fingerprint density at radius 1 is 1.24 bits per heavy atom. The van der Waals surface area contributed by atoms with Crippen molar-refractivity contribution in [2.24, 2.45) is 0 Å². The maximum Gasteiger partial charge on any atom is 0.419 e. The van der Waals surface area contributed by atoms with Crippen molar-refractivity contribution in [3.8, 4) is 0 Å². The summed E-state index contributed by atoms with van der Waals surface area (Å²) in [5, 5.41) is 14.2. The van der Waals surface area contributed by atoms with Crippen molar-refractivity contribution in [1.82, 2.24) is 24.0 Å². The van der Waals surface area contributed by atoms with Gasteiger partial charge in [-0.25, -0.2) is 14.8 Å². The van der Waals surface area contributed by atoms with Crippen LogP contribution < -0.4 is 4.90 Å². The highest BCUT2D eigenvalue weighted by atomic mass is 35.5. The Morgan fingerprint density at radius 2 is 2.00 bits per heavy atom. The van der Waals surface area contributed by atoms with E-state index in [0.717, 1.165) is 29.4 Å². The van der Waals surface area contributed by atoms with Crippen LogP contribution in [-0.2, 0) is 19.1 Å².